The lowest BCUT2D eigenvalue weighted by Crippen LogP contribution is -1.89. The van der Waals surface area contributed by atoms with E-state index in [1.807, 2.05) is 18.2 Å². The molecule has 1 aromatic rings. The van der Waals surface area contributed by atoms with Crippen molar-refractivity contribution in [3.63, 3.8) is 0 Å². The lowest BCUT2D eigenvalue weighted by molar-refractivity contribution is 0.922. The molecule has 0 aliphatic carbocycles. The highest BCUT2D eigenvalue weighted by Gasteiger charge is 1.96. The molecule has 0 saturated carbocycles. The first-order valence-electron chi connectivity index (χ1n) is 3.78. The zero-order valence-electron chi connectivity index (χ0n) is 6.60. The summed E-state index contributed by atoms with van der Waals surface area (Å²) in [5.74, 6) is 0. The van der Waals surface area contributed by atoms with E-state index in [1.54, 1.807) is 0 Å². The van der Waals surface area contributed by atoms with Crippen LogP contribution in [0.5, 0.6) is 0 Å². The molecule has 0 fully saturated rings. The van der Waals surface area contributed by atoms with Crippen LogP contribution in [0.4, 0.5) is 5.69 Å². The first kappa shape index (κ1) is 8.41. The molecule has 0 aliphatic rings. The monoisotopic (exact) mass is 169 g/mol. The van der Waals surface area contributed by atoms with Crippen LogP contribution in [-0.2, 0) is 6.42 Å². The molecule has 2 N–H and O–H groups in total. The van der Waals surface area contributed by atoms with Gasteiger partial charge in [0.1, 0.15) is 0 Å². The quantitative estimate of drug-likeness (QED) is 0.677. The zero-order chi connectivity index (χ0) is 8.27. The second kappa shape index (κ2) is 3.63. The number of rotatable bonds is 2. The molecule has 0 unspecified atom stereocenters. The summed E-state index contributed by atoms with van der Waals surface area (Å²) in [5, 5.41) is 0.643. The largest absolute Gasteiger partial charge is 0.398 e. The SMILES string of the molecule is CCCc1ccc(Cl)c(N)c1. The maximum atomic E-state index is 5.76. The predicted molar refractivity (Wildman–Crippen MR) is 49.9 cm³/mol. The average molecular weight is 170 g/mol. The minimum Gasteiger partial charge on any atom is -0.398 e. The summed E-state index contributed by atoms with van der Waals surface area (Å²) in [6, 6.07) is 5.80. The van der Waals surface area contributed by atoms with Gasteiger partial charge in [0.2, 0.25) is 0 Å². The minimum absolute atomic E-state index is 0.643. The van der Waals surface area contributed by atoms with Gasteiger partial charge in [0, 0.05) is 0 Å². The molecule has 1 rings (SSSR count). The van der Waals surface area contributed by atoms with Crippen LogP contribution < -0.4 is 5.73 Å². The Morgan fingerprint density at radius 2 is 2.18 bits per heavy atom. The molecule has 11 heavy (non-hydrogen) atoms. The van der Waals surface area contributed by atoms with Crippen LogP contribution in [0.3, 0.4) is 0 Å². The van der Waals surface area contributed by atoms with Gasteiger partial charge in [0.25, 0.3) is 0 Å². The number of hydrogen-bond acceptors (Lipinski definition) is 1. The normalized spacial score (nSPS) is 10.0. The van der Waals surface area contributed by atoms with Crippen molar-refractivity contribution in [2.45, 2.75) is 19.8 Å². The topological polar surface area (TPSA) is 26.0 Å². The Hall–Kier alpha value is -0.690. The van der Waals surface area contributed by atoms with E-state index in [2.05, 4.69) is 6.92 Å². The van der Waals surface area contributed by atoms with Crippen molar-refractivity contribution >= 4 is 17.3 Å². The predicted octanol–water partition coefficient (Wildman–Crippen LogP) is 2.87. The first-order valence-corrected chi connectivity index (χ1v) is 4.15. The number of halogens is 1. The van der Waals surface area contributed by atoms with Crippen LogP contribution in [0.1, 0.15) is 18.9 Å². The molecule has 1 nitrogen and oxygen atoms in total. The van der Waals surface area contributed by atoms with Crippen molar-refractivity contribution < 1.29 is 0 Å². The lowest BCUT2D eigenvalue weighted by atomic mass is 10.1. The Kier molecular flexibility index (Phi) is 2.77. The third kappa shape index (κ3) is 2.12. The summed E-state index contributed by atoms with van der Waals surface area (Å²) in [5.41, 5.74) is 7.56. The van der Waals surface area contributed by atoms with Gasteiger partial charge in [-0.15, -0.1) is 0 Å². The highest BCUT2D eigenvalue weighted by molar-refractivity contribution is 6.33. The van der Waals surface area contributed by atoms with Crippen LogP contribution in [0, 0.1) is 0 Å². The molecule has 0 atom stereocenters. The van der Waals surface area contributed by atoms with E-state index in [0.717, 1.165) is 12.8 Å². The third-order valence-electron chi connectivity index (χ3n) is 1.60. The van der Waals surface area contributed by atoms with E-state index in [-0.39, 0.29) is 0 Å². The molecular weight excluding hydrogens is 158 g/mol. The molecule has 0 amide bonds. The van der Waals surface area contributed by atoms with E-state index < -0.39 is 0 Å². The van der Waals surface area contributed by atoms with Crippen LogP contribution in [0.15, 0.2) is 18.2 Å². The van der Waals surface area contributed by atoms with Crippen LogP contribution in [0.25, 0.3) is 0 Å². The van der Waals surface area contributed by atoms with E-state index in [4.69, 9.17) is 17.3 Å². The van der Waals surface area contributed by atoms with Crippen molar-refractivity contribution in [1.82, 2.24) is 0 Å². The van der Waals surface area contributed by atoms with Crippen molar-refractivity contribution in [2.24, 2.45) is 0 Å². The molecule has 60 valence electrons. The van der Waals surface area contributed by atoms with Crippen LogP contribution in [-0.4, -0.2) is 0 Å². The molecule has 0 aromatic heterocycles. The number of hydrogen-bond donors (Lipinski definition) is 1. The number of nitrogen functional groups attached to an aromatic ring is 1. The van der Waals surface area contributed by atoms with E-state index >= 15 is 0 Å². The van der Waals surface area contributed by atoms with Gasteiger partial charge in [0.15, 0.2) is 0 Å². The van der Waals surface area contributed by atoms with Gasteiger partial charge in [-0.2, -0.15) is 0 Å². The van der Waals surface area contributed by atoms with Gasteiger partial charge < -0.3 is 5.73 Å². The molecule has 0 bridgehead atoms. The Balaban J connectivity index is 2.86. The van der Waals surface area contributed by atoms with Crippen molar-refractivity contribution in [2.75, 3.05) is 5.73 Å². The standard InChI is InChI=1S/C9H12ClN/c1-2-3-7-4-5-8(10)9(11)6-7/h4-6H,2-3,11H2,1H3. The lowest BCUT2D eigenvalue weighted by Gasteiger charge is -2.01. The summed E-state index contributed by atoms with van der Waals surface area (Å²) in [6.45, 7) is 2.14. The molecule has 0 aliphatic heterocycles. The Labute approximate surface area is 72.2 Å². The van der Waals surface area contributed by atoms with Crippen molar-refractivity contribution in [3.05, 3.63) is 28.8 Å². The highest BCUT2D eigenvalue weighted by Crippen LogP contribution is 2.19. The fourth-order valence-electron chi connectivity index (χ4n) is 1.04. The van der Waals surface area contributed by atoms with Gasteiger partial charge in [-0.05, 0) is 24.1 Å². The summed E-state index contributed by atoms with van der Waals surface area (Å²) in [4.78, 5) is 0. The van der Waals surface area contributed by atoms with Crippen molar-refractivity contribution in [1.29, 1.82) is 0 Å². The third-order valence-corrected chi connectivity index (χ3v) is 1.94. The number of anilines is 1. The maximum Gasteiger partial charge on any atom is 0.0635 e. The Bertz CT molecular complexity index is 245. The van der Waals surface area contributed by atoms with E-state index in [0.29, 0.717) is 10.7 Å². The Morgan fingerprint density at radius 3 is 2.73 bits per heavy atom. The Morgan fingerprint density at radius 1 is 1.45 bits per heavy atom. The van der Waals surface area contributed by atoms with Gasteiger partial charge in [-0.1, -0.05) is 31.0 Å². The number of nitrogens with two attached hydrogens (primary N) is 1. The van der Waals surface area contributed by atoms with E-state index in [1.165, 1.54) is 5.56 Å². The first-order chi connectivity index (χ1) is 5.24. The van der Waals surface area contributed by atoms with Gasteiger partial charge >= 0.3 is 0 Å². The van der Waals surface area contributed by atoms with Gasteiger partial charge in [0.05, 0.1) is 10.7 Å². The van der Waals surface area contributed by atoms with Gasteiger partial charge in [-0.25, -0.2) is 0 Å². The van der Waals surface area contributed by atoms with Crippen molar-refractivity contribution in [3.8, 4) is 0 Å². The summed E-state index contributed by atoms with van der Waals surface area (Å²) in [7, 11) is 0. The fourth-order valence-corrected chi connectivity index (χ4v) is 1.15. The van der Waals surface area contributed by atoms with Crippen LogP contribution >= 0.6 is 11.6 Å². The molecule has 1 aromatic carbocycles. The fraction of sp³-hybridized carbons (Fsp3) is 0.333. The second-order valence-corrected chi connectivity index (χ2v) is 3.01. The maximum absolute atomic E-state index is 5.76. The summed E-state index contributed by atoms with van der Waals surface area (Å²) in [6.07, 6.45) is 2.21. The minimum atomic E-state index is 0.643. The molecule has 2 heteroatoms. The second-order valence-electron chi connectivity index (χ2n) is 2.61. The smallest absolute Gasteiger partial charge is 0.0635 e. The average Bonchev–Trinajstić information content (AvgIpc) is 1.98. The van der Waals surface area contributed by atoms with Crippen LogP contribution in [0.2, 0.25) is 5.02 Å². The zero-order valence-corrected chi connectivity index (χ0v) is 7.36. The van der Waals surface area contributed by atoms with E-state index in [9.17, 15) is 0 Å². The molecule has 0 spiro atoms. The number of benzene rings is 1. The summed E-state index contributed by atoms with van der Waals surface area (Å²) < 4.78 is 0. The van der Waals surface area contributed by atoms with Gasteiger partial charge in [-0.3, -0.25) is 0 Å². The molecular formula is C9H12ClN. The highest BCUT2D eigenvalue weighted by atomic mass is 35.5. The molecule has 0 radical (unpaired) electrons. The summed E-state index contributed by atoms with van der Waals surface area (Å²) >= 11 is 5.76. The number of aryl methyl sites for hydroxylation is 1. The molecule has 0 heterocycles. The molecule has 0 saturated heterocycles.